The monoisotopic (exact) mass is 201 g/mol. The summed E-state index contributed by atoms with van der Waals surface area (Å²) < 4.78 is 0. The Kier molecular flexibility index (Phi) is 6.95. The Bertz CT molecular complexity index is 123. The number of aliphatic hydroxyl groups excluding tert-OH is 1. The van der Waals surface area contributed by atoms with Crippen LogP contribution in [-0.2, 0) is 0 Å². The van der Waals surface area contributed by atoms with Crippen molar-refractivity contribution >= 4 is 0 Å². The maximum atomic E-state index is 8.77. The van der Waals surface area contributed by atoms with Crippen LogP contribution in [0.25, 0.3) is 0 Å². The molecule has 4 heteroatoms. The molecule has 0 bridgehead atoms. The molecule has 0 unspecified atom stereocenters. The van der Waals surface area contributed by atoms with E-state index in [4.69, 9.17) is 5.11 Å². The number of aliphatic hydroxyl groups is 1. The molecule has 84 valence electrons. The lowest BCUT2D eigenvalue weighted by Gasteiger charge is -2.20. The van der Waals surface area contributed by atoms with Crippen LogP contribution in [0.2, 0.25) is 0 Å². The highest BCUT2D eigenvalue weighted by Gasteiger charge is 2.08. The van der Waals surface area contributed by atoms with Gasteiger partial charge in [-0.05, 0) is 31.8 Å². The zero-order chi connectivity index (χ0) is 10.1. The van der Waals surface area contributed by atoms with Crippen molar-refractivity contribution in [1.82, 2.24) is 16.0 Å². The van der Waals surface area contributed by atoms with Crippen molar-refractivity contribution in [3.63, 3.8) is 0 Å². The van der Waals surface area contributed by atoms with Gasteiger partial charge in [-0.3, -0.25) is 0 Å². The molecule has 0 aromatic rings. The summed E-state index contributed by atoms with van der Waals surface area (Å²) in [6, 6.07) is 0. The van der Waals surface area contributed by atoms with Gasteiger partial charge in [-0.15, -0.1) is 0 Å². The van der Waals surface area contributed by atoms with Gasteiger partial charge in [0.05, 0.1) is 0 Å². The van der Waals surface area contributed by atoms with E-state index in [2.05, 4.69) is 16.0 Å². The predicted molar refractivity (Wildman–Crippen MR) is 58.4 cm³/mol. The van der Waals surface area contributed by atoms with Gasteiger partial charge in [-0.1, -0.05) is 0 Å². The minimum atomic E-state index is 0.318. The number of hydrogen-bond donors (Lipinski definition) is 4. The van der Waals surface area contributed by atoms with E-state index in [0.717, 1.165) is 52.1 Å². The third-order valence-electron chi connectivity index (χ3n) is 2.59. The Morgan fingerprint density at radius 1 is 0.929 bits per heavy atom. The van der Waals surface area contributed by atoms with Gasteiger partial charge in [-0.25, -0.2) is 0 Å². The van der Waals surface area contributed by atoms with Crippen molar-refractivity contribution in [2.24, 2.45) is 5.92 Å². The van der Waals surface area contributed by atoms with Crippen molar-refractivity contribution in [2.45, 2.75) is 12.8 Å². The van der Waals surface area contributed by atoms with Crippen LogP contribution in [0, 0.1) is 5.92 Å². The molecule has 0 aromatic carbocycles. The van der Waals surface area contributed by atoms with Crippen molar-refractivity contribution < 1.29 is 5.11 Å². The van der Waals surface area contributed by atoms with E-state index in [1.54, 1.807) is 0 Å². The van der Waals surface area contributed by atoms with Crippen molar-refractivity contribution in [3.8, 4) is 0 Å². The fourth-order valence-corrected chi connectivity index (χ4v) is 1.75. The summed E-state index contributed by atoms with van der Waals surface area (Å²) >= 11 is 0. The van der Waals surface area contributed by atoms with Gasteiger partial charge < -0.3 is 21.1 Å². The molecule has 0 saturated carbocycles. The van der Waals surface area contributed by atoms with E-state index in [1.165, 1.54) is 0 Å². The highest BCUT2D eigenvalue weighted by Crippen LogP contribution is 2.03. The van der Waals surface area contributed by atoms with E-state index < -0.39 is 0 Å². The molecule has 0 amide bonds. The highest BCUT2D eigenvalue weighted by molar-refractivity contribution is 4.68. The van der Waals surface area contributed by atoms with Gasteiger partial charge in [0, 0.05) is 32.8 Å². The molecule has 0 radical (unpaired) electrons. The first-order valence-electron chi connectivity index (χ1n) is 5.66. The van der Waals surface area contributed by atoms with Crippen molar-refractivity contribution in [2.75, 3.05) is 45.9 Å². The summed E-state index contributed by atoms with van der Waals surface area (Å²) in [7, 11) is 0. The normalized spacial score (nSPS) is 22.1. The summed E-state index contributed by atoms with van der Waals surface area (Å²) in [4.78, 5) is 0. The molecule has 0 aliphatic carbocycles. The first-order chi connectivity index (χ1) is 6.93. The first-order valence-corrected chi connectivity index (χ1v) is 5.66. The first kappa shape index (κ1) is 11.9. The summed E-state index contributed by atoms with van der Waals surface area (Å²) in [6.07, 6.45) is 2.04. The number of rotatable bonds is 3. The zero-order valence-electron chi connectivity index (χ0n) is 8.89. The lowest BCUT2D eigenvalue weighted by Crippen LogP contribution is -2.40. The van der Waals surface area contributed by atoms with Gasteiger partial charge in [0.25, 0.3) is 0 Å². The third kappa shape index (κ3) is 5.54. The Morgan fingerprint density at radius 2 is 1.50 bits per heavy atom. The molecule has 14 heavy (non-hydrogen) atoms. The van der Waals surface area contributed by atoms with Crippen LogP contribution in [0.4, 0.5) is 0 Å². The lowest BCUT2D eigenvalue weighted by atomic mass is 10.0. The largest absolute Gasteiger partial charge is 0.396 e. The smallest absolute Gasteiger partial charge is 0.0431 e. The molecule has 1 saturated heterocycles. The second kappa shape index (κ2) is 8.17. The Hall–Kier alpha value is -0.160. The number of hydrogen-bond acceptors (Lipinski definition) is 4. The molecule has 1 heterocycles. The van der Waals surface area contributed by atoms with E-state index >= 15 is 0 Å². The SMILES string of the molecule is OCCCC1CNCCNCCNC1. The molecule has 1 rings (SSSR count). The van der Waals surface area contributed by atoms with Crippen LogP contribution in [0.1, 0.15) is 12.8 Å². The summed E-state index contributed by atoms with van der Waals surface area (Å²) in [6.45, 7) is 6.65. The molecule has 0 aromatic heterocycles. The minimum absolute atomic E-state index is 0.318. The van der Waals surface area contributed by atoms with Gasteiger partial charge >= 0.3 is 0 Å². The average molecular weight is 201 g/mol. The second-order valence-electron chi connectivity index (χ2n) is 3.89. The molecule has 0 atom stereocenters. The summed E-state index contributed by atoms with van der Waals surface area (Å²) in [5.41, 5.74) is 0. The molecule has 1 aliphatic rings. The van der Waals surface area contributed by atoms with Gasteiger partial charge in [0.1, 0.15) is 0 Å². The Balaban J connectivity index is 2.16. The molecule has 1 fully saturated rings. The molecular formula is C10H23N3O. The fourth-order valence-electron chi connectivity index (χ4n) is 1.75. The van der Waals surface area contributed by atoms with Crippen LogP contribution < -0.4 is 16.0 Å². The zero-order valence-corrected chi connectivity index (χ0v) is 8.89. The van der Waals surface area contributed by atoms with Crippen LogP contribution in [0.5, 0.6) is 0 Å². The predicted octanol–water partition coefficient (Wildman–Crippen LogP) is -0.842. The van der Waals surface area contributed by atoms with E-state index in [9.17, 15) is 0 Å². The summed E-state index contributed by atoms with van der Waals surface area (Å²) in [5, 5.41) is 19.0. The van der Waals surface area contributed by atoms with Crippen LogP contribution in [-0.4, -0.2) is 51.0 Å². The van der Waals surface area contributed by atoms with Gasteiger partial charge in [0.2, 0.25) is 0 Å². The minimum Gasteiger partial charge on any atom is -0.396 e. The maximum Gasteiger partial charge on any atom is 0.0431 e. The van der Waals surface area contributed by atoms with Gasteiger partial charge in [0.15, 0.2) is 0 Å². The fraction of sp³-hybridized carbons (Fsp3) is 1.00. The van der Waals surface area contributed by atoms with Gasteiger partial charge in [-0.2, -0.15) is 0 Å². The highest BCUT2D eigenvalue weighted by atomic mass is 16.2. The molecule has 1 aliphatic heterocycles. The Labute approximate surface area is 86.5 Å². The maximum absolute atomic E-state index is 8.77. The van der Waals surface area contributed by atoms with E-state index in [0.29, 0.717) is 12.5 Å². The second-order valence-corrected chi connectivity index (χ2v) is 3.89. The lowest BCUT2D eigenvalue weighted by molar-refractivity contribution is 0.267. The Morgan fingerprint density at radius 3 is 2.07 bits per heavy atom. The van der Waals surface area contributed by atoms with Crippen molar-refractivity contribution in [1.29, 1.82) is 0 Å². The molecule has 4 nitrogen and oxygen atoms in total. The van der Waals surface area contributed by atoms with Crippen molar-refractivity contribution in [3.05, 3.63) is 0 Å². The van der Waals surface area contributed by atoms with E-state index in [1.807, 2.05) is 0 Å². The van der Waals surface area contributed by atoms with Crippen LogP contribution in [0.15, 0.2) is 0 Å². The number of nitrogens with one attached hydrogen (secondary N) is 3. The molecular weight excluding hydrogens is 178 g/mol. The quantitative estimate of drug-likeness (QED) is 0.481. The molecule has 0 spiro atoms. The topological polar surface area (TPSA) is 56.3 Å². The summed E-state index contributed by atoms with van der Waals surface area (Å²) in [5.74, 6) is 0.667. The molecule has 4 N–H and O–H groups in total. The standard InChI is InChI=1S/C10H23N3O/c14-7-1-2-10-8-12-5-3-11-4-6-13-9-10/h10-14H,1-9H2. The van der Waals surface area contributed by atoms with E-state index in [-0.39, 0.29) is 0 Å². The third-order valence-corrected chi connectivity index (χ3v) is 2.59. The average Bonchev–Trinajstić information content (AvgIpc) is 2.23. The van der Waals surface area contributed by atoms with Crippen LogP contribution in [0.3, 0.4) is 0 Å². The van der Waals surface area contributed by atoms with Crippen LogP contribution >= 0.6 is 0 Å².